The maximum atomic E-state index is 9.63. The Kier molecular flexibility index (Phi) is 8.07. The largest absolute Gasteiger partial charge is 0.508 e. The van der Waals surface area contributed by atoms with Crippen LogP contribution in [0.1, 0.15) is 56.9 Å². The van der Waals surface area contributed by atoms with Crippen LogP contribution in [-0.2, 0) is 6.42 Å². The highest BCUT2D eigenvalue weighted by Gasteiger charge is 2.01. The number of hydrogen-bond acceptors (Lipinski definition) is 3. The van der Waals surface area contributed by atoms with Crippen LogP contribution in [0.25, 0.3) is 0 Å². The number of aryl methyl sites for hydroxylation is 1. The van der Waals surface area contributed by atoms with E-state index in [1.807, 2.05) is 0 Å². The minimum atomic E-state index is 0.115. The molecule has 1 aromatic rings. The lowest BCUT2D eigenvalue weighted by atomic mass is 10.0. The third-order valence-corrected chi connectivity index (χ3v) is 3.42. The van der Waals surface area contributed by atoms with Crippen molar-refractivity contribution in [3.63, 3.8) is 0 Å². The molecule has 0 spiro atoms. The second-order valence-corrected chi connectivity index (χ2v) is 5.12. The van der Waals surface area contributed by atoms with Crippen molar-refractivity contribution in [3.05, 3.63) is 23.8 Å². The average Bonchev–Trinajstić information content (AvgIpc) is 2.39. The highest BCUT2D eigenvalue weighted by molar-refractivity contribution is 5.38. The number of aliphatic hydroxyl groups excluding tert-OH is 1. The van der Waals surface area contributed by atoms with Gasteiger partial charge in [-0.05, 0) is 30.9 Å². The first-order valence-electron chi connectivity index (χ1n) is 7.36. The van der Waals surface area contributed by atoms with Crippen LogP contribution in [0.5, 0.6) is 11.5 Å². The molecule has 108 valence electrons. The lowest BCUT2D eigenvalue weighted by Gasteiger charge is -2.05. The zero-order chi connectivity index (χ0) is 13.9. The molecule has 0 saturated carbocycles. The summed E-state index contributed by atoms with van der Waals surface area (Å²) in [5.41, 5.74) is 0.917. The van der Waals surface area contributed by atoms with Gasteiger partial charge in [0.2, 0.25) is 0 Å². The summed E-state index contributed by atoms with van der Waals surface area (Å²) >= 11 is 0. The van der Waals surface area contributed by atoms with Crippen LogP contribution in [0.4, 0.5) is 0 Å². The van der Waals surface area contributed by atoms with Gasteiger partial charge in [0.15, 0.2) is 0 Å². The van der Waals surface area contributed by atoms with E-state index in [0.717, 1.165) is 31.2 Å². The van der Waals surface area contributed by atoms with Crippen LogP contribution in [0.2, 0.25) is 0 Å². The Morgan fingerprint density at radius 2 is 1.32 bits per heavy atom. The minimum Gasteiger partial charge on any atom is -0.508 e. The van der Waals surface area contributed by atoms with Crippen LogP contribution in [0.3, 0.4) is 0 Å². The summed E-state index contributed by atoms with van der Waals surface area (Å²) in [5.74, 6) is 0.313. The minimum absolute atomic E-state index is 0.115. The van der Waals surface area contributed by atoms with Crippen molar-refractivity contribution in [2.75, 3.05) is 6.61 Å². The molecular formula is C16H26O3. The molecule has 19 heavy (non-hydrogen) atoms. The molecule has 1 rings (SSSR count). The highest BCUT2D eigenvalue weighted by atomic mass is 16.3. The van der Waals surface area contributed by atoms with Gasteiger partial charge >= 0.3 is 0 Å². The lowest BCUT2D eigenvalue weighted by molar-refractivity contribution is 0.282. The summed E-state index contributed by atoms with van der Waals surface area (Å²) in [6.07, 6.45) is 10.2. The topological polar surface area (TPSA) is 60.7 Å². The molecule has 3 N–H and O–H groups in total. The van der Waals surface area contributed by atoms with Crippen molar-refractivity contribution >= 4 is 0 Å². The number of benzene rings is 1. The molecule has 0 fully saturated rings. The second kappa shape index (κ2) is 9.68. The van der Waals surface area contributed by atoms with E-state index in [2.05, 4.69) is 0 Å². The Bertz CT molecular complexity index is 350. The summed E-state index contributed by atoms with van der Waals surface area (Å²) < 4.78 is 0. The first-order valence-corrected chi connectivity index (χ1v) is 7.36. The lowest BCUT2D eigenvalue weighted by Crippen LogP contribution is -1.88. The van der Waals surface area contributed by atoms with E-state index in [-0.39, 0.29) is 11.5 Å². The molecule has 0 aliphatic heterocycles. The van der Waals surface area contributed by atoms with Crippen LogP contribution in [0.15, 0.2) is 18.2 Å². The first kappa shape index (κ1) is 15.8. The van der Waals surface area contributed by atoms with Gasteiger partial charge in [-0.25, -0.2) is 0 Å². The van der Waals surface area contributed by atoms with Crippen molar-refractivity contribution in [2.45, 2.75) is 57.8 Å². The number of phenolic OH excluding ortho intramolecular Hbond substituents is 2. The molecule has 0 aromatic heterocycles. The fourth-order valence-electron chi connectivity index (χ4n) is 2.25. The van der Waals surface area contributed by atoms with Crippen molar-refractivity contribution < 1.29 is 15.3 Å². The van der Waals surface area contributed by atoms with E-state index in [0.29, 0.717) is 6.61 Å². The molecule has 0 atom stereocenters. The zero-order valence-electron chi connectivity index (χ0n) is 11.6. The molecule has 0 aliphatic carbocycles. The molecule has 0 unspecified atom stereocenters. The summed E-state index contributed by atoms with van der Waals surface area (Å²) in [6.45, 7) is 0.316. The fraction of sp³-hybridized carbons (Fsp3) is 0.625. The van der Waals surface area contributed by atoms with Crippen LogP contribution in [0, 0.1) is 0 Å². The van der Waals surface area contributed by atoms with Gasteiger partial charge in [-0.1, -0.05) is 44.6 Å². The predicted molar refractivity (Wildman–Crippen MR) is 77.5 cm³/mol. The van der Waals surface area contributed by atoms with Gasteiger partial charge in [-0.3, -0.25) is 0 Å². The smallest absolute Gasteiger partial charge is 0.122 e. The van der Waals surface area contributed by atoms with E-state index in [1.165, 1.54) is 38.2 Å². The molecular weight excluding hydrogens is 240 g/mol. The Morgan fingerprint density at radius 1 is 0.737 bits per heavy atom. The number of phenols is 2. The number of rotatable bonds is 10. The van der Waals surface area contributed by atoms with Crippen LogP contribution in [-0.4, -0.2) is 21.9 Å². The maximum Gasteiger partial charge on any atom is 0.122 e. The third kappa shape index (κ3) is 7.06. The molecule has 0 radical (unpaired) electrons. The Labute approximate surface area is 115 Å². The van der Waals surface area contributed by atoms with Gasteiger partial charge < -0.3 is 15.3 Å². The van der Waals surface area contributed by atoms with E-state index >= 15 is 0 Å². The number of aliphatic hydroxyl groups is 1. The Hall–Kier alpha value is -1.22. The molecule has 0 aliphatic rings. The standard InChI is InChI=1S/C16H26O3/c17-12-8-6-4-2-1-3-5-7-9-14-10-11-15(18)13-16(14)19/h10-11,13,17-19H,1-9,12H2. The first-order chi connectivity index (χ1) is 9.24. The van der Waals surface area contributed by atoms with E-state index in [9.17, 15) is 10.2 Å². The van der Waals surface area contributed by atoms with Crippen molar-refractivity contribution in [3.8, 4) is 11.5 Å². The summed E-state index contributed by atoms with van der Waals surface area (Å²) in [5, 5.41) is 27.5. The van der Waals surface area contributed by atoms with E-state index in [4.69, 9.17) is 5.11 Å². The molecule has 0 bridgehead atoms. The van der Waals surface area contributed by atoms with Gasteiger partial charge in [0.1, 0.15) is 11.5 Å². The van der Waals surface area contributed by atoms with Gasteiger partial charge in [0, 0.05) is 12.7 Å². The third-order valence-electron chi connectivity index (χ3n) is 3.42. The predicted octanol–water partition coefficient (Wildman–Crippen LogP) is 3.75. The monoisotopic (exact) mass is 266 g/mol. The average molecular weight is 266 g/mol. The summed E-state index contributed by atoms with van der Waals surface area (Å²) in [7, 11) is 0. The second-order valence-electron chi connectivity index (χ2n) is 5.12. The molecule has 0 amide bonds. The number of unbranched alkanes of at least 4 members (excludes halogenated alkanes) is 7. The SMILES string of the molecule is OCCCCCCCCCCc1ccc(O)cc1O. The van der Waals surface area contributed by atoms with E-state index in [1.54, 1.807) is 12.1 Å². The number of aromatic hydroxyl groups is 2. The Morgan fingerprint density at radius 3 is 1.89 bits per heavy atom. The van der Waals surface area contributed by atoms with Gasteiger partial charge in [0.05, 0.1) is 0 Å². The highest BCUT2D eigenvalue weighted by Crippen LogP contribution is 2.24. The quantitative estimate of drug-likeness (QED) is 0.565. The maximum absolute atomic E-state index is 9.63. The van der Waals surface area contributed by atoms with Gasteiger partial charge in [-0.15, -0.1) is 0 Å². The Balaban J connectivity index is 2.01. The van der Waals surface area contributed by atoms with Gasteiger partial charge in [0.25, 0.3) is 0 Å². The van der Waals surface area contributed by atoms with E-state index < -0.39 is 0 Å². The van der Waals surface area contributed by atoms with Crippen LogP contribution >= 0.6 is 0 Å². The zero-order valence-corrected chi connectivity index (χ0v) is 11.6. The molecule has 3 nitrogen and oxygen atoms in total. The molecule has 0 saturated heterocycles. The van der Waals surface area contributed by atoms with Crippen molar-refractivity contribution in [1.29, 1.82) is 0 Å². The fourth-order valence-corrected chi connectivity index (χ4v) is 2.25. The normalized spacial score (nSPS) is 10.8. The van der Waals surface area contributed by atoms with Crippen molar-refractivity contribution in [2.24, 2.45) is 0 Å². The van der Waals surface area contributed by atoms with Crippen LogP contribution < -0.4 is 0 Å². The molecule has 0 heterocycles. The molecule has 3 heteroatoms. The van der Waals surface area contributed by atoms with Crippen molar-refractivity contribution in [1.82, 2.24) is 0 Å². The van der Waals surface area contributed by atoms with Gasteiger partial charge in [-0.2, -0.15) is 0 Å². The number of hydrogen-bond donors (Lipinski definition) is 3. The summed E-state index contributed by atoms with van der Waals surface area (Å²) in [4.78, 5) is 0. The molecule has 1 aromatic carbocycles. The summed E-state index contributed by atoms with van der Waals surface area (Å²) in [6, 6.07) is 4.81.